The fourth-order valence-electron chi connectivity index (χ4n) is 1.68. The Kier molecular flexibility index (Phi) is 6.33. The molecule has 0 bridgehead atoms. The Bertz CT molecular complexity index is 666. The van der Waals surface area contributed by atoms with Crippen LogP contribution in [0.2, 0.25) is 0 Å². The van der Waals surface area contributed by atoms with Crippen molar-refractivity contribution >= 4 is 33.9 Å². The van der Waals surface area contributed by atoms with Gasteiger partial charge in [0, 0.05) is 10.7 Å². The molecule has 0 saturated carbocycles. The molecule has 1 heterocycles. The summed E-state index contributed by atoms with van der Waals surface area (Å²) in [5.41, 5.74) is -3.39. The van der Waals surface area contributed by atoms with Crippen molar-refractivity contribution in [1.29, 1.82) is 0 Å². The Hall–Kier alpha value is -1.84. The van der Waals surface area contributed by atoms with Crippen LogP contribution in [0.3, 0.4) is 0 Å². The largest absolute Gasteiger partial charge is 0.443 e. The van der Waals surface area contributed by atoms with Crippen LogP contribution in [0.4, 0.5) is 28.6 Å². The number of carbonyl (C=O) groups is 2. The summed E-state index contributed by atoms with van der Waals surface area (Å²) in [7, 11) is 0. The summed E-state index contributed by atoms with van der Waals surface area (Å²) < 4.78 is 50.3. The van der Waals surface area contributed by atoms with Crippen molar-refractivity contribution in [2.45, 2.75) is 58.9 Å². The summed E-state index contributed by atoms with van der Waals surface area (Å²) in [6.07, 6.45) is -6.49. The highest BCUT2D eigenvalue weighted by Crippen LogP contribution is 2.37. The first-order valence-corrected chi connectivity index (χ1v) is 8.29. The monoisotopic (exact) mass is 440 g/mol. The lowest BCUT2D eigenvalue weighted by Gasteiger charge is -2.29. The lowest BCUT2D eigenvalue weighted by atomic mass is 10.2. The summed E-state index contributed by atoms with van der Waals surface area (Å²) in [6.45, 7) is 9.07. The van der Waals surface area contributed by atoms with Gasteiger partial charge in [-0.2, -0.15) is 18.1 Å². The lowest BCUT2D eigenvalue weighted by Crippen LogP contribution is -2.45. The molecule has 0 fully saturated rings. The number of hydrogen-bond acceptors (Lipinski definition) is 5. The third-order valence-electron chi connectivity index (χ3n) is 2.50. The zero-order valence-electron chi connectivity index (χ0n) is 15.2. The van der Waals surface area contributed by atoms with Crippen molar-refractivity contribution in [2.24, 2.45) is 0 Å². The summed E-state index contributed by atoms with van der Waals surface area (Å²) in [5, 5.41) is 0. The SMILES string of the molecule is CC(C)(C)OC(=O)N(C(=O)OC(C)(C)C)c1ncc(Br)cc1C(F)(F)F. The molecule has 0 unspecified atom stereocenters. The summed E-state index contributed by atoms with van der Waals surface area (Å²) in [4.78, 5) is 28.6. The van der Waals surface area contributed by atoms with Gasteiger partial charge in [0.05, 0.1) is 0 Å². The summed E-state index contributed by atoms with van der Waals surface area (Å²) in [6, 6.07) is 0.712. The molecule has 146 valence electrons. The van der Waals surface area contributed by atoms with E-state index in [4.69, 9.17) is 9.47 Å². The Morgan fingerprint density at radius 1 is 1.00 bits per heavy atom. The third-order valence-corrected chi connectivity index (χ3v) is 2.94. The zero-order chi connectivity index (χ0) is 20.5. The maximum atomic E-state index is 13.4. The molecule has 26 heavy (non-hydrogen) atoms. The fraction of sp³-hybridized carbons (Fsp3) is 0.562. The Labute approximate surface area is 157 Å². The maximum Gasteiger partial charge on any atom is 0.425 e. The predicted molar refractivity (Wildman–Crippen MR) is 91.9 cm³/mol. The predicted octanol–water partition coefficient (Wildman–Crippen LogP) is 5.54. The Morgan fingerprint density at radius 2 is 1.42 bits per heavy atom. The molecule has 0 aliphatic rings. The molecule has 0 N–H and O–H groups in total. The summed E-state index contributed by atoms with van der Waals surface area (Å²) >= 11 is 2.90. The van der Waals surface area contributed by atoms with Gasteiger partial charge in [0.1, 0.15) is 16.8 Å². The van der Waals surface area contributed by atoms with Gasteiger partial charge in [-0.05, 0) is 63.5 Å². The topological polar surface area (TPSA) is 68.7 Å². The van der Waals surface area contributed by atoms with Crippen LogP contribution in [0.5, 0.6) is 0 Å². The first-order chi connectivity index (χ1) is 11.5. The van der Waals surface area contributed by atoms with Gasteiger partial charge in [-0.1, -0.05) is 0 Å². The minimum Gasteiger partial charge on any atom is -0.443 e. The van der Waals surface area contributed by atoms with Crippen molar-refractivity contribution in [1.82, 2.24) is 4.98 Å². The number of rotatable bonds is 1. The van der Waals surface area contributed by atoms with E-state index in [0.717, 1.165) is 6.20 Å². The van der Waals surface area contributed by atoms with Gasteiger partial charge < -0.3 is 9.47 Å². The number of carbonyl (C=O) groups excluding carboxylic acids is 2. The summed E-state index contributed by atoms with van der Waals surface area (Å²) in [5.74, 6) is -0.927. The number of pyridine rings is 1. The average Bonchev–Trinajstić information content (AvgIpc) is 2.35. The van der Waals surface area contributed by atoms with Crippen LogP contribution in [-0.4, -0.2) is 28.4 Å². The van der Waals surface area contributed by atoms with Crippen molar-refractivity contribution < 1.29 is 32.2 Å². The van der Waals surface area contributed by atoms with Crippen LogP contribution in [-0.2, 0) is 15.7 Å². The number of anilines is 1. The standard InChI is InChI=1S/C16H20BrF3N2O4/c1-14(2,3)25-12(23)22(13(24)26-15(4,5)6)11-10(16(18,19)20)7-9(17)8-21-11/h7-8H,1-6H3. The molecule has 0 atom stereocenters. The molecule has 0 aliphatic heterocycles. The first kappa shape index (κ1) is 22.2. The van der Waals surface area contributed by atoms with Gasteiger partial charge in [0.2, 0.25) is 0 Å². The molecule has 2 amide bonds. The molecule has 0 saturated heterocycles. The molecule has 10 heteroatoms. The van der Waals surface area contributed by atoms with E-state index in [9.17, 15) is 22.8 Å². The highest BCUT2D eigenvalue weighted by atomic mass is 79.9. The van der Waals surface area contributed by atoms with Crippen LogP contribution in [0.15, 0.2) is 16.7 Å². The van der Waals surface area contributed by atoms with E-state index in [1.54, 1.807) is 0 Å². The van der Waals surface area contributed by atoms with Gasteiger partial charge in [-0.3, -0.25) is 0 Å². The van der Waals surface area contributed by atoms with Crippen molar-refractivity contribution in [2.75, 3.05) is 4.90 Å². The number of nitrogens with zero attached hydrogens (tertiary/aromatic N) is 2. The maximum absolute atomic E-state index is 13.4. The van der Waals surface area contributed by atoms with E-state index in [0.29, 0.717) is 6.07 Å². The molecule has 1 aromatic heterocycles. The highest BCUT2D eigenvalue weighted by molar-refractivity contribution is 9.10. The number of halogens is 4. The Morgan fingerprint density at radius 3 is 1.77 bits per heavy atom. The van der Waals surface area contributed by atoms with E-state index in [1.165, 1.54) is 41.5 Å². The highest BCUT2D eigenvalue weighted by Gasteiger charge is 2.42. The number of aromatic nitrogens is 1. The minimum atomic E-state index is -4.87. The third kappa shape index (κ3) is 6.47. The zero-order valence-corrected chi connectivity index (χ0v) is 16.8. The second kappa shape index (κ2) is 7.42. The second-order valence-corrected chi connectivity index (χ2v) is 8.23. The van der Waals surface area contributed by atoms with Gasteiger partial charge >= 0.3 is 18.4 Å². The number of amides is 2. The van der Waals surface area contributed by atoms with Crippen LogP contribution < -0.4 is 4.90 Å². The molecular formula is C16H20BrF3N2O4. The second-order valence-electron chi connectivity index (χ2n) is 7.32. The van der Waals surface area contributed by atoms with E-state index in [1.807, 2.05) is 0 Å². The molecule has 0 spiro atoms. The minimum absolute atomic E-state index is 0.0295. The lowest BCUT2D eigenvalue weighted by molar-refractivity contribution is -0.137. The smallest absolute Gasteiger partial charge is 0.425 e. The van der Waals surface area contributed by atoms with E-state index in [2.05, 4.69) is 20.9 Å². The number of ether oxygens (including phenoxy) is 2. The van der Waals surface area contributed by atoms with Crippen LogP contribution >= 0.6 is 15.9 Å². The molecule has 0 aromatic carbocycles. The fourth-order valence-corrected chi connectivity index (χ4v) is 2.01. The molecule has 1 aromatic rings. The molecular weight excluding hydrogens is 421 g/mol. The normalized spacial score (nSPS) is 12.5. The number of alkyl halides is 3. The van der Waals surface area contributed by atoms with Gasteiger partial charge in [0.25, 0.3) is 0 Å². The van der Waals surface area contributed by atoms with Crippen LogP contribution in [0.25, 0.3) is 0 Å². The quantitative estimate of drug-likeness (QED) is 0.573. The van der Waals surface area contributed by atoms with Crippen LogP contribution in [0, 0.1) is 0 Å². The Balaban J connectivity index is 3.51. The molecule has 0 aliphatic carbocycles. The van der Waals surface area contributed by atoms with Gasteiger partial charge in [0.15, 0.2) is 5.82 Å². The average molecular weight is 441 g/mol. The van der Waals surface area contributed by atoms with Gasteiger partial charge in [-0.25, -0.2) is 14.6 Å². The van der Waals surface area contributed by atoms with E-state index >= 15 is 0 Å². The van der Waals surface area contributed by atoms with Gasteiger partial charge in [-0.15, -0.1) is 0 Å². The number of hydrogen-bond donors (Lipinski definition) is 0. The van der Waals surface area contributed by atoms with E-state index in [-0.39, 0.29) is 9.37 Å². The molecule has 1 rings (SSSR count). The van der Waals surface area contributed by atoms with Crippen molar-refractivity contribution in [3.8, 4) is 0 Å². The molecule has 6 nitrogen and oxygen atoms in total. The first-order valence-electron chi connectivity index (χ1n) is 7.50. The van der Waals surface area contributed by atoms with E-state index < -0.39 is 40.9 Å². The number of imide groups is 1. The van der Waals surface area contributed by atoms with Crippen molar-refractivity contribution in [3.05, 3.63) is 22.3 Å². The van der Waals surface area contributed by atoms with Crippen molar-refractivity contribution in [3.63, 3.8) is 0 Å². The van der Waals surface area contributed by atoms with Crippen LogP contribution in [0.1, 0.15) is 47.1 Å². The molecule has 0 radical (unpaired) electrons.